The number of rotatable bonds is 9. The predicted molar refractivity (Wildman–Crippen MR) is 153 cm³/mol. The second-order valence-corrected chi connectivity index (χ2v) is 11.5. The maximum absolute atomic E-state index is 13.2. The lowest BCUT2D eigenvalue weighted by molar-refractivity contribution is -0.156. The largest absolute Gasteiger partial charge is 0.460 e. The summed E-state index contributed by atoms with van der Waals surface area (Å²) in [6.07, 6.45) is 3.28. The summed E-state index contributed by atoms with van der Waals surface area (Å²) in [5, 5.41) is 13.5. The highest BCUT2D eigenvalue weighted by molar-refractivity contribution is 5.89. The third-order valence-electron chi connectivity index (χ3n) is 7.20. The Morgan fingerprint density at radius 3 is 2.38 bits per heavy atom. The van der Waals surface area contributed by atoms with Crippen molar-refractivity contribution in [3.63, 3.8) is 0 Å². The molecule has 2 aliphatic rings. The zero-order valence-electron chi connectivity index (χ0n) is 24.2. The van der Waals surface area contributed by atoms with Gasteiger partial charge in [-0.1, -0.05) is 53.7 Å². The maximum atomic E-state index is 13.2. The molecule has 1 fully saturated rings. The molecule has 0 spiro atoms. The molecule has 222 valence electrons. The van der Waals surface area contributed by atoms with Gasteiger partial charge in [0.25, 0.3) is 0 Å². The first-order chi connectivity index (χ1) is 20.2. The normalized spacial score (nSPS) is 17.1. The number of hydrogen-bond acceptors (Lipinski definition) is 8. The van der Waals surface area contributed by atoms with Crippen LogP contribution in [0.25, 0.3) is 11.1 Å². The minimum absolute atomic E-state index is 0.0583. The molecular weight excluding hydrogens is 538 g/mol. The van der Waals surface area contributed by atoms with E-state index in [0.29, 0.717) is 12.3 Å². The summed E-state index contributed by atoms with van der Waals surface area (Å²) in [6.45, 7) is 6.01. The smallest absolute Gasteiger partial charge is 0.407 e. The van der Waals surface area contributed by atoms with Gasteiger partial charge in [0.1, 0.15) is 23.9 Å². The number of benzene rings is 2. The number of fused-ring (bicyclic) bond motifs is 3. The highest BCUT2D eigenvalue weighted by Crippen LogP contribution is 2.44. The lowest BCUT2D eigenvalue weighted by atomic mass is 9.98. The van der Waals surface area contributed by atoms with E-state index in [1.807, 2.05) is 36.4 Å². The highest BCUT2D eigenvalue weighted by Gasteiger charge is 2.31. The van der Waals surface area contributed by atoms with Crippen LogP contribution in [0.1, 0.15) is 75.4 Å². The minimum atomic E-state index is -1.22. The van der Waals surface area contributed by atoms with E-state index < -0.39 is 29.6 Å². The lowest BCUT2D eigenvalue weighted by Gasteiger charge is -2.23. The molecule has 11 heteroatoms. The van der Waals surface area contributed by atoms with Gasteiger partial charge in [-0.15, -0.1) is 5.10 Å². The van der Waals surface area contributed by atoms with Gasteiger partial charge in [-0.25, -0.2) is 9.48 Å². The van der Waals surface area contributed by atoms with Crippen LogP contribution in [-0.2, 0) is 30.3 Å². The monoisotopic (exact) mass is 575 g/mol. The van der Waals surface area contributed by atoms with Crippen molar-refractivity contribution in [2.75, 3.05) is 13.2 Å². The van der Waals surface area contributed by atoms with Gasteiger partial charge in [0, 0.05) is 12.5 Å². The number of carbonyl (C=O) groups is 3. The summed E-state index contributed by atoms with van der Waals surface area (Å²) in [5.41, 5.74) is 4.13. The second kappa shape index (κ2) is 12.7. The Bertz CT molecular complexity index is 1380. The molecule has 11 nitrogen and oxygen atoms in total. The van der Waals surface area contributed by atoms with Gasteiger partial charge in [-0.3, -0.25) is 9.59 Å². The fourth-order valence-electron chi connectivity index (χ4n) is 5.31. The Morgan fingerprint density at radius 1 is 1.05 bits per heavy atom. The fraction of sp³-hybridized carbons (Fsp3) is 0.452. The fourth-order valence-corrected chi connectivity index (χ4v) is 5.31. The molecule has 1 saturated heterocycles. The van der Waals surface area contributed by atoms with E-state index in [9.17, 15) is 14.4 Å². The van der Waals surface area contributed by atoms with Crippen molar-refractivity contribution in [3.05, 3.63) is 71.5 Å². The number of nitrogens with one attached hydrogen (secondary N) is 2. The van der Waals surface area contributed by atoms with Gasteiger partial charge in [0.05, 0.1) is 19.2 Å². The van der Waals surface area contributed by atoms with Crippen LogP contribution >= 0.6 is 0 Å². The summed E-state index contributed by atoms with van der Waals surface area (Å²) in [5.74, 6) is -1.34. The van der Waals surface area contributed by atoms with E-state index in [4.69, 9.17) is 14.2 Å². The molecule has 2 atom stereocenters. The Morgan fingerprint density at radius 2 is 1.74 bits per heavy atom. The van der Waals surface area contributed by atoms with Crippen LogP contribution in [0.4, 0.5) is 4.79 Å². The van der Waals surface area contributed by atoms with Crippen LogP contribution in [-0.4, -0.2) is 57.8 Å². The quantitative estimate of drug-likeness (QED) is 0.362. The van der Waals surface area contributed by atoms with Crippen LogP contribution in [0, 0.1) is 0 Å². The van der Waals surface area contributed by atoms with Crippen LogP contribution in [0.3, 0.4) is 0 Å². The summed E-state index contributed by atoms with van der Waals surface area (Å²) in [7, 11) is 0. The molecule has 0 radical (unpaired) electrons. The average molecular weight is 576 g/mol. The molecule has 1 aliphatic carbocycles. The van der Waals surface area contributed by atoms with Crippen LogP contribution < -0.4 is 10.6 Å². The first-order valence-corrected chi connectivity index (χ1v) is 14.3. The van der Waals surface area contributed by atoms with Crippen LogP contribution in [0.2, 0.25) is 0 Å². The highest BCUT2D eigenvalue weighted by atomic mass is 16.6. The van der Waals surface area contributed by atoms with Crippen molar-refractivity contribution in [3.8, 4) is 11.1 Å². The van der Waals surface area contributed by atoms with Crippen molar-refractivity contribution < 1.29 is 28.6 Å². The van der Waals surface area contributed by atoms with Gasteiger partial charge in [0.15, 0.2) is 6.23 Å². The number of esters is 1. The van der Waals surface area contributed by atoms with Crippen molar-refractivity contribution in [1.29, 1.82) is 0 Å². The molecule has 0 bridgehead atoms. The third-order valence-corrected chi connectivity index (χ3v) is 7.20. The molecule has 1 aliphatic heterocycles. The van der Waals surface area contributed by atoms with Crippen molar-refractivity contribution >= 4 is 18.0 Å². The zero-order valence-corrected chi connectivity index (χ0v) is 24.2. The Labute approximate surface area is 244 Å². The number of amides is 2. The molecule has 0 unspecified atom stereocenters. The molecule has 42 heavy (non-hydrogen) atoms. The molecule has 1 aromatic heterocycles. The van der Waals surface area contributed by atoms with Crippen LogP contribution in [0.15, 0.2) is 54.7 Å². The second-order valence-electron chi connectivity index (χ2n) is 11.5. The van der Waals surface area contributed by atoms with E-state index in [1.54, 1.807) is 31.6 Å². The standard InChI is InChI=1S/C31H37N5O6/c1-31(2,3)42-28(37)16-26(29(38)32-17-20-18-36(35-34-20)27-14-8-9-15-40-27)33-30(39)41-19-25-23-12-6-4-10-21(23)22-11-5-7-13-24(22)25/h4-7,10-13,18,25-27H,8-9,14-17,19H2,1-3H3,(H,32,38)(H,33,39)/t26-,27+/m0/s1. The SMILES string of the molecule is CC(C)(C)OC(=O)C[C@H](NC(=O)OCC1c2ccccc2-c2ccccc21)C(=O)NCc1cn([C@H]2CCCCO2)nn1. The molecule has 2 heterocycles. The number of carbonyl (C=O) groups excluding carboxylic acids is 3. The van der Waals surface area contributed by atoms with Gasteiger partial charge in [-0.2, -0.15) is 0 Å². The van der Waals surface area contributed by atoms with Crippen molar-refractivity contribution in [2.45, 2.75) is 76.8 Å². The number of nitrogens with zero attached hydrogens (tertiary/aromatic N) is 3. The van der Waals surface area contributed by atoms with Gasteiger partial charge in [-0.05, 0) is 62.3 Å². The number of hydrogen-bond donors (Lipinski definition) is 2. The summed E-state index contributed by atoms with van der Waals surface area (Å²) in [6, 6.07) is 14.8. The van der Waals surface area contributed by atoms with Gasteiger partial charge < -0.3 is 24.8 Å². The van der Waals surface area contributed by atoms with E-state index in [2.05, 4.69) is 33.1 Å². The van der Waals surface area contributed by atoms with E-state index >= 15 is 0 Å². The predicted octanol–water partition coefficient (Wildman–Crippen LogP) is 4.23. The Balaban J connectivity index is 1.22. The van der Waals surface area contributed by atoms with Crippen molar-refractivity contribution in [1.82, 2.24) is 25.6 Å². The maximum Gasteiger partial charge on any atom is 0.407 e. The summed E-state index contributed by atoms with van der Waals surface area (Å²) in [4.78, 5) is 38.7. The zero-order chi connectivity index (χ0) is 29.7. The molecule has 2 amide bonds. The molecule has 5 rings (SSSR count). The molecular formula is C31H37N5O6. The number of ether oxygens (including phenoxy) is 3. The average Bonchev–Trinajstić information content (AvgIpc) is 3.57. The van der Waals surface area contributed by atoms with Gasteiger partial charge >= 0.3 is 12.1 Å². The van der Waals surface area contributed by atoms with Crippen LogP contribution in [0.5, 0.6) is 0 Å². The lowest BCUT2D eigenvalue weighted by Crippen LogP contribution is -2.48. The minimum Gasteiger partial charge on any atom is -0.460 e. The van der Waals surface area contributed by atoms with Crippen molar-refractivity contribution in [2.24, 2.45) is 0 Å². The van der Waals surface area contributed by atoms with E-state index in [1.165, 1.54) is 0 Å². The summed E-state index contributed by atoms with van der Waals surface area (Å²) < 4.78 is 18.4. The summed E-state index contributed by atoms with van der Waals surface area (Å²) >= 11 is 0. The third kappa shape index (κ3) is 7.14. The number of alkyl carbamates (subject to hydrolysis) is 1. The molecule has 2 N–H and O–H groups in total. The van der Waals surface area contributed by atoms with E-state index in [0.717, 1.165) is 41.5 Å². The first-order valence-electron chi connectivity index (χ1n) is 14.3. The Hall–Kier alpha value is -4.25. The first kappa shape index (κ1) is 29.2. The molecule has 0 saturated carbocycles. The number of aromatic nitrogens is 3. The topological polar surface area (TPSA) is 134 Å². The molecule has 2 aromatic carbocycles. The van der Waals surface area contributed by atoms with E-state index in [-0.39, 0.29) is 31.7 Å². The van der Waals surface area contributed by atoms with Gasteiger partial charge in [0.2, 0.25) is 5.91 Å². The Kier molecular flexibility index (Phi) is 8.86. The molecule has 3 aromatic rings.